The molecule has 0 saturated carbocycles. The van der Waals surface area contributed by atoms with Gasteiger partial charge in [0, 0.05) is 32.0 Å². The second kappa shape index (κ2) is 10.5. The van der Waals surface area contributed by atoms with Crippen molar-refractivity contribution < 1.29 is 14.4 Å². The van der Waals surface area contributed by atoms with Gasteiger partial charge in [-0.05, 0) is 41.6 Å². The molecule has 3 heterocycles. The van der Waals surface area contributed by atoms with Gasteiger partial charge in [0.05, 0.1) is 21.7 Å². The Morgan fingerprint density at radius 1 is 1.21 bits per heavy atom. The number of hydrogen-bond acceptors (Lipinski definition) is 7. The van der Waals surface area contributed by atoms with Gasteiger partial charge in [0.15, 0.2) is 5.16 Å². The summed E-state index contributed by atoms with van der Waals surface area (Å²) in [5, 5.41) is 3.15. The van der Waals surface area contributed by atoms with E-state index in [1.807, 2.05) is 34.9 Å². The first-order valence-corrected chi connectivity index (χ1v) is 12.0. The van der Waals surface area contributed by atoms with Gasteiger partial charge in [0.25, 0.3) is 11.1 Å². The van der Waals surface area contributed by atoms with Gasteiger partial charge in [0.2, 0.25) is 5.91 Å². The predicted octanol–water partition coefficient (Wildman–Crippen LogP) is 3.56. The van der Waals surface area contributed by atoms with Crippen molar-refractivity contribution in [2.24, 2.45) is 0 Å². The molecule has 0 atom stereocenters. The third-order valence-electron chi connectivity index (χ3n) is 4.78. The molecule has 1 aliphatic heterocycles. The minimum atomic E-state index is -0.365. The number of nitrogens with zero attached hydrogens (tertiary/aromatic N) is 4. The van der Waals surface area contributed by atoms with Gasteiger partial charge in [-0.1, -0.05) is 36.0 Å². The molecule has 0 unspecified atom stereocenters. The number of para-hydroxylation sites is 2. The quantitative estimate of drug-likeness (QED) is 0.285. The third-order valence-corrected chi connectivity index (χ3v) is 6.66. The molecule has 3 amide bonds. The average Bonchev–Trinajstić information content (AvgIpc) is 3.30. The van der Waals surface area contributed by atoms with Crippen molar-refractivity contribution in [3.05, 3.63) is 71.9 Å². The zero-order chi connectivity index (χ0) is 23.2. The summed E-state index contributed by atoms with van der Waals surface area (Å²) in [6.07, 6.45) is 6.69. The number of thioether (sulfide) groups is 2. The molecule has 10 heteroatoms. The lowest BCUT2D eigenvalue weighted by Crippen LogP contribution is -2.37. The van der Waals surface area contributed by atoms with E-state index in [0.717, 1.165) is 38.4 Å². The Morgan fingerprint density at radius 2 is 2.06 bits per heavy atom. The SMILES string of the molecule is C=CCn1c(SCC(=O)NCCN2C(=O)S/C(=C\c3cccnc3)C2=O)nc2ccccc21. The molecule has 0 spiro atoms. The lowest BCUT2D eigenvalue weighted by atomic mass is 10.2. The zero-order valence-electron chi connectivity index (χ0n) is 17.6. The van der Waals surface area contributed by atoms with Crippen LogP contribution in [0.25, 0.3) is 17.1 Å². The highest BCUT2D eigenvalue weighted by atomic mass is 32.2. The van der Waals surface area contributed by atoms with Crippen LogP contribution in [0.3, 0.4) is 0 Å². The first-order valence-electron chi connectivity index (χ1n) is 10.2. The Bertz CT molecular complexity index is 1240. The number of nitrogens with one attached hydrogen (secondary N) is 1. The predicted molar refractivity (Wildman–Crippen MR) is 131 cm³/mol. The molecule has 2 aromatic heterocycles. The number of benzene rings is 1. The molecule has 1 saturated heterocycles. The molecule has 1 aliphatic rings. The minimum absolute atomic E-state index is 0.112. The molecule has 33 heavy (non-hydrogen) atoms. The van der Waals surface area contributed by atoms with E-state index in [1.54, 1.807) is 30.6 Å². The van der Waals surface area contributed by atoms with Crippen molar-refractivity contribution in [2.45, 2.75) is 11.7 Å². The third kappa shape index (κ3) is 5.35. The molecular weight excluding hydrogens is 458 g/mol. The maximum absolute atomic E-state index is 12.6. The highest BCUT2D eigenvalue weighted by Crippen LogP contribution is 2.31. The first-order chi connectivity index (χ1) is 16.1. The van der Waals surface area contributed by atoms with Crippen LogP contribution in [0.2, 0.25) is 0 Å². The van der Waals surface area contributed by atoms with E-state index in [1.165, 1.54) is 11.8 Å². The summed E-state index contributed by atoms with van der Waals surface area (Å²) in [4.78, 5) is 47.2. The van der Waals surface area contributed by atoms with E-state index >= 15 is 0 Å². The Hall–Kier alpha value is -3.37. The number of carbonyl (C=O) groups is 3. The molecule has 8 nitrogen and oxygen atoms in total. The number of hydrogen-bond donors (Lipinski definition) is 1. The summed E-state index contributed by atoms with van der Waals surface area (Å²) < 4.78 is 2.01. The van der Waals surface area contributed by atoms with Crippen molar-refractivity contribution in [3.8, 4) is 0 Å². The van der Waals surface area contributed by atoms with Crippen LogP contribution < -0.4 is 5.32 Å². The Balaban J connectivity index is 1.29. The largest absolute Gasteiger partial charge is 0.354 e. The molecule has 1 N–H and O–H groups in total. The number of carbonyl (C=O) groups excluding carboxylic acids is 3. The number of aromatic nitrogens is 3. The molecule has 4 rings (SSSR count). The van der Waals surface area contributed by atoms with Crippen LogP contribution in [0.4, 0.5) is 4.79 Å². The lowest BCUT2D eigenvalue weighted by Gasteiger charge is -2.13. The van der Waals surface area contributed by atoms with Crippen LogP contribution in [-0.4, -0.2) is 55.3 Å². The van der Waals surface area contributed by atoms with Gasteiger partial charge in [-0.2, -0.15) is 0 Å². The smallest absolute Gasteiger partial charge is 0.293 e. The van der Waals surface area contributed by atoms with Crippen LogP contribution in [-0.2, 0) is 16.1 Å². The van der Waals surface area contributed by atoms with Crippen LogP contribution in [0.1, 0.15) is 5.56 Å². The van der Waals surface area contributed by atoms with Crippen LogP contribution in [0.5, 0.6) is 0 Å². The standard InChI is InChI=1S/C23H21N5O3S2/c1-2-11-27-18-8-4-3-7-17(18)26-22(27)32-15-20(29)25-10-12-28-21(30)19(33-23(28)31)13-16-6-5-9-24-14-16/h2-9,13-14H,1,10-12,15H2,(H,25,29)/b19-13-. The van der Waals surface area contributed by atoms with Crippen molar-refractivity contribution >= 4 is 57.7 Å². The number of amides is 3. The molecule has 0 radical (unpaired) electrons. The summed E-state index contributed by atoms with van der Waals surface area (Å²) in [5.41, 5.74) is 2.59. The molecule has 1 fully saturated rings. The molecule has 0 bridgehead atoms. The molecule has 0 aliphatic carbocycles. The average molecular weight is 480 g/mol. The number of imide groups is 1. The van der Waals surface area contributed by atoms with Crippen molar-refractivity contribution in [1.29, 1.82) is 0 Å². The monoisotopic (exact) mass is 479 g/mol. The summed E-state index contributed by atoms with van der Waals surface area (Å²) in [7, 11) is 0. The van der Waals surface area contributed by atoms with Gasteiger partial charge < -0.3 is 9.88 Å². The summed E-state index contributed by atoms with van der Waals surface area (Å²) >= 11 is 2.22. The van der Waals surface area contributed by atoms with E-state index in [-0.39, 0.29) is 35.9 Å². The Kier molecular flexibility index (Phi) is 7.26. The van der Waals surface area contributed by atoms with E-state index < -0.39 is 0 Å². The van der Waals surface area contributed by atoms with E-state index in [9.17, 15) is 14.4 Å². The highest BCUT2D eigenvalue weighted by Gasteiger charge is 2.34. The summed E-state index contributed by atoms with van der Waals surface area (Å²) in [6, 6.07) is 11.3. The second-order valence-electron chi connectivity index (χ2n) is 7.04. The lowest BCUT2D eigenvalue weighted by molar-refractivity contribution is -0.123. The van der Waals surface area contributed by atoms with Crippen LogP contribution in [0.15, 0.2) is 71.5 Å². The number of allylic oxidation sites excluding steroid dienone is 1. The van der Waals surface area contributed by atoms with Gasteiger partial charge in [0.1, 0.15) is 0 Å². The number of pyridine rings is 1. The highest BCUT2D eigenvalue weighted by molar-refractivity contribution is 8.18. The van der Waals surface area contributed by atoms with Crippen molar-refractivity contribution in [3.63, 3.8) is 0 Å². The molecule has 1 aromatic carbocycles. The second-order valence-corrected chi connectivity index (χ2v) is 8.98. The van der Waals surface area contributed by atoms with Gasteiger partial charge >= 0.3 is 0 Å². The van der Waals surface area contributed by atoms with Gasteiger partial charge in [-0.3, -0.25) is 24.3 Å². The fraction of sp³-hybridized carbons (Fsp3) is 0.174. The molecular formula is C23H21N5O3S2. The number of fused-ring (bicyclic) bond motifs is 1. The number of imidazole rings is 1. The fourth-order valence-corrected chi connectivity index (χ4v) is 4.98. The fourth-order valence-electron chi connectivity index (χ4n) is 3.26. The molecule has 168 valence electrons. The first kappa shape index (κ1) is 22.8. The van der Waals surface area contributed by atoms with Crippen LogP contribution >= 0.6 is 23.5 Å². The molecule has 3 aromatic rings. The maximum Gasteiger partial charge on any atom is 0.293 e. The number of rotatable bonds is 9. The van der Waals surface area contributed by atoms with Crippen molar-refractivity contribution in [2.75, 3.05) is 18.8 Å². The zero-order valence-corrected chi connectivity index (χ0v) is 19.3. The van der Waals surface area contributed by atoms with E-state index in [0.29, 0.717) is 11.4 Å². The maximum atomic E-state index is 12.6. The van der Waals surface area contributed by atoms with Gasteiger partial charge in [-0.25, -0.2) is 4.98 Å². The summed E-state index contributed by atoms with van der Waals surface area (Å²) in [6.45, 7) is 4.68. The Morgan fingerprint density at radius 3 is 2.85 bits per heavy atom. The topological polar surface area (TPSA) is 97.2 Å². The summed E-state index contributed by atoms with van der Waals surface area (Å²) in [5.74, 6) is -0.394. The van der Waals surface area contributed by atoms with E-state index in [2.05, 4.69) is 21.9 Å². The van der Waals surface area contributed by atoms with Crippen molar-refractivity contribution in [1.82, 2.24) is 24.8 Å². The Labute approximate surface area is 199 Å². The minimum Gasteiger partial charge on any atom is -0.354 e. The normalized spacial score (nSPS) is 14.9. The van der Waals surface area contributed by atoms with E-state index in [4.69, 9.17) is 0 Å². The van der Waals surface area contributed by atoms with Gasteiger partial charge in [-0.15, -0.1) is 6.58 Å². The van der Waals surface area contributed by atoms with Crippen LogP contribution in [0, 0.1) is 0 Å².